The molecular formula is C38H41N3O7. The summed E-state index contributed by atoms with van der Waals surface area (Å²) in [5.74, 6) is 0.0229. The molecule has 4 N–H and O–H groups in total. The molecule has 3 aromatic carbocycles. The SMILES string of the molecule is CC(=O)N1[C@H](CC(=O)Nc2ccccc2)[C@]2(O)CC[C@]13[C@H]1Cc4ccc(O)c5c4[C@]3(CCN1CC1CC1)[C@H]2O5.O=C(O)c1ccccc1. The summed E-state index contributed by atoms with van der Waals surface area (Å²) in [7, 11) is 0. The summed E-state index contributed by atoms with van der Waals surface area (Å²) in [6.45, 7) is 3.48. The lowest BCUT2D eigenvalue weighted by Crippen LogP contribution is -2.92. The molecule has 3 aromatic rings. The van der Waals surface area contributed by atoms with E-state index in [1.165, 1.54) is 12.8 Å². The fourth-order valence-corrected chi connectivity index (χ4v) is 10.1. The number of carboxylic acid groups (broad SMARTS) is 1. The van der Waals surface area contributed by atoms with E-state index in [-0.39, 0.29) is 30.0 Å². The smallest absolute Gasteiger partial charge is 0.335 e. The summed E-state index contributed by atoms with van der Waals surface area (Å²) in [4.78, 5) is 41.9. The van der Waals surface area contributed by atoms with Gasteiger partial charge in [-0.3, -0.25) is 14.5 Å². The van der Waals surface area contributed by atoms with Crippen LogP contribution in [0.2, 0.25) is 0 Å². The maximum absolute atomic E-state index is 13.8. The largest absolute Gasteiger partial charge is 0.504 e. The van der Waals surface area contributed by atoms with Crippen LogP contribution in [0.4, 0.5) is 5.69 Å². The molecule has 0 radical (unpaired) electrons. The first-order valence-corrected chi connectivity index (χ1v) is 17.0. The number of fused-ring (bicyclic) bond motifs is 2. The number of aliphatic hydroxyl groups is 1. The van der Waals surface area contributed by atoms with Crippen molar-refractivity contribution in [2.45, 2.75) is 86.6 Å². The first-order chi connectivity index (χ1) is 23.1. The van der Waals surface area contributed by atoms with Gasteiger partial charge in [-0.25, -0.2) is 4.79 Å². The number of anilines is 1. The molecule has 6 atom stereocenters. The number of phenolic OH excluding ortho intramolecular Hbond substituents is 1. The van der Waals surface area contributed by atoms with Crippen LogP contribution in [0, 0.1) is 5.92 Å². The maximum Gasteiger partial charge on any atom is 0.335 e. The number of para-hydroxylation sites is 1. The lowest BCUT2D eigenvalue weighted by atomic mass is 9.40. The van der Waals surface area contributed by atoms with Gasteiger partial charge in [0, 0.05) is 30.8 Å². The Morgan fingerprint density at radius 2 is 1.67 bits per heavy atom. The second-order valence-electron chi connectivity index (χ2n) is 14.4. The van der Waals surface area contributed by atoms with Crippen molar-refractivity contribution in [1.82, 2.24) is 9.80 Å². The number of amides is 2. The molecule has 3 saturated heterocycles. The van der Waals surface area contributed by atoms with E-state index in [1.54, 1.807) is 43.3 Å². The number of nitrogens with one attached hydrogen (secondary N) is 1. The van der Waals surface area contributed by atoms with Crippen molar-refractivity contribution in [2.24, 2.45) is 5.92 Å². The minimum Gasteiger partial charge on any atom is -0.504 e. The highest BCUT2D eigenvalue weighted by atomic mass is 16.5. The number of hydrogen-bond acceptors (Lipinski definition) is 7. The topological polar surface area (TPSA) is 140 Å². The summed E-state index contributed by atoms with van der Waals surface area (Å²) in [5.41, 5.74) is 0.493. The monoisotopic (exact) mass is 651 g/mol. The summed E-state index contributed by atoms with van der Waals surface area (Å²) in [5, 5.41) is 34.9. The van der Waals surface area contributed by atoms with Gasteiger partial charge in [0.15, 0.2) is 11.5 Å². The Morgan fingerprint density at radius 1 is 0.958 bits per heavy atom. The molecular weight excluding hydrogens is 610 g/mol. The van der Waals surface area contributed by atoms with Crippen LogP contribution in [-0.4, -0.2) is 85.3 Å². The molecule has 10 nitrogen and oxygen atoms in total. The van der Waals surface area contributed by atoms with Gasteiger partial charge in [-0.1, -0.05) is 42.5 Å². The van der Waals surface area contributed by atoms with Crippen LogP contribution in [0.15, 0.2) is 72.8 Å². The molecule has 2 saturated carbocycles. The molecule has 2 amide bonds. The van der Waals surface area contributed by atoms with E-state index in [0.29, 0.717) is 35.8 Å². The summed E-state index contributed by atoms with van der Waals surface area (Å²) in [6.07, 6.45) is 4.46. The van der Waals surface area contributed by atoms with E-state index in [2.05, 4.69) is 10.2 Å². The highest BCUT2D eigenvalue weighted by Crippen LogP contribution is 2.72. The third kappa shape index (κ3) is 4.34. The number of hydrogen-bond donors (Lipinski definition) is 4. The van der Waals surface area contributed by atoms with Crippen molar-refractivity contribution in [3.05, 3.63) is 89.5 Å². The number of rotatable bonds is 6. The van der Waals surface area contributed by atoms with Crippen LogP contribution in [0.3, 0.4) is 0 Å². The number of carbonyl (C=O) groups excluding carboxylic acids is 2. The molecule has 4 heterocycles. The Hall–Kier alpha value is -4.41. The van der Waals surface area contributed by atoms with Gasteiger partial charge in [0.05, 0.1) is 29.0 Å². The summed E-state index contributed by atoms with van der Waals surface area (Å²) >= 11 is 0. The molecule has 250 valence electrons. The van der Waals surface area contributed by atoms with Crippen LogP contribution >= 0.6 is 0 Å². The third-order valence-electron chi connectivity index (χ3n) is 12.0. The molecule has 5 fully saturated rings. The third-order valence-corrected chi connectivity index (χ3v) is 12.0. The summed E-state index contributed by atoms with van der Waals surface area (Å²) < 4.78 is 6.64. The molecule has 3 aliphatic carbocycles. The average molecular weight is 652 g/mol. The number of benzene rings is 3. The first kappa shape index (κ1) is 30.9. The molecule has 10 rings (SSSR count). The van der Waals surface area contributed by atoms with Crippen molar-refractivity contribution < 1.29 is 34.4 Å². The second kappa shape index (κ2) is 11.1. The Morgan fingerprint density at radius 3 is 2.31 bits per heavy atom. The Kier molecular flexibility index (Phi) is 7.12. The first-order valence-electron chi connectivity index (χ1n) is 17.0. The van der Waals surface area contributed by atoms with Crippen molar-refractivity contribution >= 4 is 23.5 Å². The zero-order chi connectivity index (χ0) is 33.4. The molecule has 0 unspecified atom stereocenters. The molecule has 4 bridgehead atoms. The lowest BCUT2D eigenvalue weighted by Gasteiger charge is -2.76. The molecule has 7 aliphatic rings. The molecule has 4 aliphatic heterocycles. The number of aromatic carboxylic acids is 1. The standard InChI is InChI=1S/C31H35N3O5.C7H6O2/c1-18(35)34-23(16-25(37)32-21-5-3-2-4-6-21)30(38)11-12-31(34)24-15-20-9-10-22(36)27-26(20)29(31,28(30)39-27)13-14-33(24)17-19-7-8-19;8-7(9)6-4-2-1-3-5-6/h2-6,9-10,19,23-24,28,36,38H,7-8,11-17H2,1H3,(H,32,37);1-5H,(H,8,9)/t23-,24-,28-,29-,30-,31-;/m1./s1. The Balaban J connectivity index is 0.000000326. The molecule has 2 spiro atoms. The van der Waals surface area contributed by atoms with E-state index >= 15 is 0 Å². The van der Waals surface area contributed by atoms with E-state index < -0.39 is 34.7 Å². The number of carbonyl (C=O) groups is 3. The Bertz CT molecular complexity index is 1780. The number of ether oxygens (including phenoxy) is 1. The van der Waals surface area contributed by atoms with Crippen LogP contribution in [0.25, 0.3) is 0 Å². The number of nitrogens with zero attached hydrogens (tertiary/aromatic N) is 2. The zero-order valence-electron chi connectivity index (χ0n) is 27.0. The van der Waals surface area contributed by atoms with Crippen LogP contribution < -0.4 is 10.1 Å². The van der Waals surface area contributed by atoms with Crippen molar-refractivity contribution in [2.75, 3.05) is 18.4 Å². The van der Waals surface area contributed by atoms with Gasteiger partial charge in [-0.15, -0.1) is 0 Å². The predicted octanol–water partition coefficient (Wildman–Crippen LogP) is 4.34. The fourth-order valence-electron chi connectivity index (χ4n) is 10.1. The minimum absolute atomic E-state index is 0.0206. The van der Waals surface area contributed by atoms with Crippen LogP contribution in [0.5, 0.6) is 11.5 Å². The quantitative estimate of drug-likeness (QED) is 0.309. The van der Waals surface area contributed by atoms with Gasteiger partial charge in [0.25, 0.3) is 0 Å². The fraction of sp³-hybridized carbons (Fsp3) is 0.447. The van der Waals surface area contributed by atoms with Gasteiger partial charge >= 0.3 is 5.97 Å². The average Bonchev–Trinajstić information content (AvgIpc) is 3.82. The van der Waals surface area contributed by atoms with E-state index in [9.17, 15) is 24.6 Å². The number of carboxylic acids is 1. The normalized spacial score (nSPS) is 32.0. The van der Waals surface area contributed by atoms with Gasteiger partial charge in [0.1, 0.15) is 11.7 Å². The Labute approximate surface area is 279 Å². The van der Waals surface area contributed by atoms with Gasteiger partial charge in [-0.05, 0) is 86.9 Å². The van der Waals surface area contributed by atoms with Crippen molar-refractivity contribution in [1.29, 1.82) is 0 Å². The molecule has 48 heavy (non-hydrogen) atoms. The second-order valence-corrected chi connectivity index (χ2v) is 14.4. The molecule has 10 heteroatoms. The van der Waals surface area contributed by atoms with Crippen molar-refractivity contribution in [3.8, 4) is 11.5 Å². The van der Waals surface area contributed by atoms with Crippen LogP contribution in [0.1, 0.15) is 66.9 Å². The highest BCUT2D eigenvalue weighted by Gasteiger charge is 2.83. The molecule has 0 aromatic heterocycles. The van der Waals surface area contributed by atoms with E-state index in [4.69, 9.17) is 9.84 Å². The number of phenols is 1. The van der Waals surface area contributed by atoms with E-state index in [0.717, 1.165) is 37.1 Å². The lowest BCUT2D eigenvalue weighted by molar-refractivity contribution is -0.284. The number of aromatic hydroxyl groups is 1. The van der Waals surface area contributed by atoms with Crippen LogP contribution in [-0.2, 0) is 21.4 Å². The number of piperidine rings is 3. The van der Waals surface area contributed by atoms with E-state index in [1.807, 2.05) is 41.3 Å². The van der Waals surface area contributed by atoms with Gasteiger partial charge in [0.2, 0.25) is 11.8 Å². The van der Waals surface area contributed by atoms with Crippen molar-refractivity contribution in [3.63, 3.8) is 0 Å². The number of likely N-dealkylation sites (tertiary alicyclic amines) is 1. The zero-order valence-corrected chi connectivity index (χ0v) is 27.0. The maximum atomic E-state index is 13.8. The van der Waals surface area contributed by atoms with Gasteiger partial charge in [-0.2, -0.15) is 0 Å². The minimum atomic E-state index is -1.43. The summed E-state index contributed by atoms with van der Waals surface area (Å²) in [6, 6.07) is 20.6. The predicted molar refractivity (Wildman–Crippen MR) is 177 cm³/mol. The van der Waals surface area contributed by atoms with Gasteiger partial charge < -0.3 is 30.3 Å². The highest BCUT2D eigenvalue weighted by molar-refractivity contribution is 5.92.